The maximum atomic E-state index is 12.1. The Labute approximate surface area is 140 Å². The number of rotatable bonds is 5. The highest BCUT2D eigenvalue weighted by Crippen LogP contribution is 2.22. The molecule has 2 aromatic rings. The lowest BCUT2D eigenvalue weighted by Gasteiger charge is -2.07. The molecule has 0 radical (unpaired) electrons. The number of hydrogen-bond acceptors (Lipinski definition) is 4. The van der Waals surface area contributed by atoms with Gasteiger partial charge in [-0.2, -0.15) is 5.10 Å². The number of carbonyl (C=O) groups excluding carboxylic acids is 2. The topological polar surface area (TPSA) is 90.8 Å². The summed E-state index contributed by atoms with van der Waals surface area (Å²) in [5, 5.41) is 16.1. The van der Waals surface area contributed by atoms with Gasteiger partial charge in [-0.15, -0.1) is 0 Å². The van der Waals surface area contributed by atoms with Gasteiger partial charge in [-0.1, -0.05) is 26.0 Å². The second-order valence-electron chi connectivity index (χ2n) is 5.51. The van der Waals surface area contributed by atoms with Gasteiger partial charge in [0.1, 0.15) is 5.75 Å². The molecule has 0 heterocycles. The summed E-state index contributed by atoms with van der Waals surface area (Å²) in [6.07, 6.45) is 1.63. The molecule has 0 bridgehead atoms. The van der Waals surface area contributed by atoms with Crippen molar-refractivity contribution in [3.63, 3.8) is 0 Å². The lowest BCUT2D eigenvalue weighted by Crippen LogP contribution is -2.18. The van der Waals surface area contributed by atoms with E-state index in [1.165, 1.54) is 18.2 Å². The molecule has 0 spiro atoms. The van der Waals surface area contributed by atoms with E-state index in [0.29, 0.717) is 16.8 Å². The fourth-order valence-electron chi connectivity index (χ4n) is 1.86. The van der Waals surface area contributed by atoms with E-state index in [1.807, 2.05) is 13.8 Å². The number of benzene rings is 2. The van der Waals surface area contributed by atoms with Crippen LogP contribution >= 0.6 is 0 Å². The van der Waals surface area contributed by atoms with Crippen LogP contribution in [0, 0.1) is 5.92 Å². The fraction of sp³-hybridized carbons (Fsp3) is 0.167. The van der Waals surface area contributed by atoms with Crippen LogP contribution in [0.1, 0.15) is 34.6 Å². The van der Waals surface area contributed by atoms with Crippen LogP contribution < -0.4 is 10.7 Å². The molecule has 0 saturated carbocycles. The summed E-state index contributed by atoms with van der Waals surface area (Å²) in [6.45, 7) is 3.90. The molecule has 0 aliphatic rings. The molecular formula is C18H19N3O3. The molecular weight excluding hydrogens is 306 g/mol. The quantitative estimate of drug-likeness (QED) is 0.448. The minimum absolute atomic E-state index is 0.00939. The minimum atomic E-state index is -0.374. The Morgan fingerprint density at radius 3 is 2.17 bits per heavy atom. The van der Waals surface area contributed by atoms with Gasteiger partial charge in [0.25, 0.3) is 11.8 Å². The van der Waals surface area contributed by atoms with E-state index in [9.17, 15) is 14.7 Å². The van der Waals surface area contributed by atoms with E-state index < -0.39 is 0 Å². The van der Waals surface area contributed by atoms with Gasteiger partial charge in [-0.25, -0.2) is 5.43 Å². The van der Waals surface area contributed by atoms with Crippen LogP contribution in [0.2, 0.25) is 0 Å². The van der Waals surface area contributed by atoms with Gasteiger partial charge in [-0.3, -0.25) is 9.59 Å². The summed E-state index contributed by atoms with van der Waals surface area (Å²) in [5.41, 5.74) is 3.52. The van der Waals surface area contributed by atoms with Crippen LogP contribution in [0.4, 0.5) is 5.69 Å². The number of phenolic OH excluding ortho intramolecular Hbond substituents is 1. The molecule has 0 saturated heterocycles. The van der Waals surface area contributed by atoms with Crippen molar-refractivity contribution in [1.29, 1.82) is 0 Å². The third kappa shape index (κ3) is 4.67. The Balaban J connectivity index is 2.02. The Morgan fingerprint density at radius 2 is 1.58 bits per heavy atom. The number of anilines is 1. The minimum Gasteiger partial charge on any atom is -0.506 e. The van der Waals surface area contributed by atoms with E-state index in [-0.39, 0.29) is 23.5 Å². The zero-order chi connectivity index (χ0) is 17.5. The molecule has 0 fully saturated rings. The molecule has 0 unspecified atom stereocenters. The summed E-state index contributed by atoms with van der Waals surface area (Å²) in [5.74, 6) is -0.489. The second-order valence-corrected chi connectivity index (χ2v) is 5.51. The van der Waals surface area contributed by atoms with Gasteiger partial charge in [0.2, 0.25) is 0 Å². The SMILES string of the molecule is CC(C)/C=N/NC(=O)c1ccc(C(=O)Nc2ccccc2O)cc1. The third-order valence-corrected chi connectivity index (χ3v) is 3.10. The van der Waals surface area contributed by atoms with Gasteiger partial charge < -0.3 is 10.4 Å². The number of aromatic hydroxyl groups is 1. The van der Waals surface area contributed by atoms with Crippen molar-refractivity contribution in [3.8, 4) is 5.75 Å². The Kier molecular flexibility index (Phi) is 5.68. The Morgan fingerprint density at radius 1 is 1.00 bits per heavy atom. The first-order valence-corrected chi connectivity index (χ1v) is 7.50. The van der Waals surface area contributed by atoms with Crippen LogP contribution in [0.25, 0.3) is 0 Å². The highest BCUT2D eigenvalue weighted by molar-refractivity contribution is 6.05. The summed E-state index contributed by atoms with van der Waals surface area (Å²) in [7, 11) is 0. The van der Waals surface area contributed by atoms with Crippen molar-refractivity contribution in [2.75, 3.05) is 5.32 Å². The Hall–Kier alpha value is -3.15. The van der Waals surface area contributed by atoms with E-state index in [2.05, 4.69) is 15.8 Å². The fourth-order valence-corrected chi connectivity index (χ4v) is 1.86. The van der Waals surface area contributed by atoms with E-state index >= 15 is 0 Å². The van der Waals surface area contributed by atoms with Crippen molar-refractivity contribution in [1.82, 2.24) is 5.43 Å². The molecule has 6 nitrogen and oxygen atoms in total. The first-order chi connectivity index (χ1) is 11.5. The molecule has 0 aliphatic carbocycles. The second kappa shape index (κ2) is 7.92. The number of para-hydroxylation sites is 2. The Bertz CT molecular complexity index is 752. The lowest BCUT2D eigenvalue weighted by molar-refractivity contribution is 0.0953. The number of phenols is 1. The molecule has 24 heavy (non-hydrogen) atoms. The highest BCUT2D eigenvalue weighted by atomic mass is 16.3. The van der Waals surface area contributed by atoms with Crippen molar-refractivity contribution in [3.05, 3.63) is 59.7 Å². The van der Waals surface area contributed by atoms with Crippen LogP contribution in [0.3, 0.4) is 0 Å². The van der Waals surface area contributed by atoms with Gasteiger partial charge in [0, 0.05) is 17.3 Å². The van der Waals surface area contributed by atoms with Crippen molar-refractivity contribution in [2.45, 2.75) is 13.8 Å². The molecule has 2 rings (SSSR count). The predicted octanol–water partition coefficient (Wildman–Crippen LogP) is 3.02. The van der Waals surface area contributed by atoms with Crippen molar-refractivity contribution in [2.24, 2.45) is 11.0 Å². The first kappa shape index (κ1) is 17.2. The zero-order valence-corrected chi connectivity index (χ0v) is 13.5. The number of amides is 2. The average molecular weight is 325 g/mol. The molecule has 0 atom stereocenters. The van der Waals surface area contributed by atoms with Gasteiger partial charge >= 0.3 is 0 Å². The van der Waals surface area contributed by atoms with Crippen molar-refractivity contribution < 1.29 is 14.7 Å². The maximum Gasteiger partial charge on any atom is 0.271 e. The van der Waals surface area contributed by atoms with E-state index in [4.69, 9.17) is 0 Å². The first-order valence-electron chi connectivity index (χ1n) is 7.50. The number of hydrogen-bond donors (Lipinski definition) is 3. The van der Waals surface area contributed by atoms with Gasteiger partial charge in [0.15, 0.2) is 0 Å². The van der Waals surface area contributed by atoms with Crippen molar-refractivity contribution >= 4 is 23.7 Å². The maximum absolute atomic E-state index is 12.1. The monoisotopic (exact) mass is 325 g/mol. The number of hydrazone groups is 1. The molecule has 6 heteroatoms. The standard InChI is InChI=1S/C18H19N3O3/c1-12(2)11-19-21-18(24)14-9-7-13(8-10-14)17(23)20-15-5-3-4-6-16(15)22/h3-12,22H,1-2H3,(H,20,23)(H,21,24)/b19-11+. The summed E-state index contributed by atoms with van der Waals surface area (Å²) in [6, 6.07) is 12.6. The van der Waals surface area contributed by atoms with Crippen LogP contribution in [0.5, 0.6) is 5.75 Å². The molecule has 2 aromatic carbocycles. The predicted molar refractivity (Wildman–Crippen MR) is 93.3 cm³/mol. The number of nitrogens with zero attached hydrogens (tertiary/aromatic N) is 1. The van der Waals surface area contributed by atoms with E-state index in [0.717, 1.165) is 0 Å². The van der Waals surface area contributed by atoms with Crippen LogP contribution in [-0.2, 0) is 0 Å². The zero-order valence-electron chi connectivity index (χ0n) is 13.5. The third-order valence-electron chi connectivity index (χ3n) is 3.10. The van der Waals surface area contributed by atoms with Crippen LogP contribution in [0.15, 0.2) is 53.6 Å². The highest BCUT2D eigenvalue weighted by Gasteiger charge is 2.10. The summed E-state index contributed by atoms with van der Waals surface area (Å²) < 4.78 is 0. The largest absolute Gasteiger partial charge is 0.506 e. The summed E-state index contributed by atoms with van der Waals surface area (Å²) in [4.78, 5) is 24.0. The van der Waals surface area contributed by atoms with Crippen LogP contribution in [-0.4, -0.2) is 23.1 Å². The van der Waals surface area contributed by atoms with E-state index in [1.54, 1.807) is 36.5 Å². The lowest BCUT2D eigenvalue weighted by atomic mass is 10.1. The normalized spacial score (nSPS) is 10.8. The molecule has 2 amide bonds. The molecule has 3 N–H and O–H groups in total. The van der Waals surface area contributed by atoms with Gasteiger partial charge in [-0.05, 0) is 42.3 Å². The molecule has 0 aliphatic heterocycles. The van der Waals surface area contributed by atoms with Gasteiger partial charge in [0.05, 0.1) is 5.69 Å². The molecule has 0 aromatic heterocycles. The summed E-state index contributed by atoms with van der Waals surface area (Å²) >= 11 is 0. The average Bonchev–Trinajstić information content (AvgIpc) is 2.56. The molecule has 124 valence electrons. The number of carbonyl (C=O) groups is 2. The number of nitrogens with one attached hydrogen (secondary N) is 2. The smallest absolute Gasteiger partial charge is 0.271 e.